The van der Waals surface area contributed by atoms with E-state index in [-0.39, 0.29) is 23.6 Å². The Morgan fingerprint density at radius 2 is 1.90 bits per heavy atom. The molecule has 2 aromatic rings. The number of nitrogens with zero attached hydrogens (tertiary/aromatic N) is 5. The van der Waals surface area contributed by atoms with Gasteiger partial charge >= 0.3 is 11.8 Å². The van der Waals surface area contributed by atoms with Gasteiger partial charge in [0.25, 0.3) is 0 Å². The van der Waals surface area contributed by atoms with Gasteiger partial charge in [0.2, 0.25) is 5.82 Å². The SMILES string of the molecule is CC1CCN(C(=O)OC(C)(C)C)CCN1c1ccc([N+](=O)[O-])c(Nc2ccncc2)n1. The molecule has 1 atom stereocenters. The smallest absolute Gasteiger partial charge is 0.410 e. The van der Waals surface area contributed by atoms with Gasteiger partial charge in [-0.2, -0.15) is 0 Å². The summed E-state index contributed by atoms with van der Waals surface area (Å²) in [6.45, 7) is 9.17. The molecule has 0 aromatic carbocycles. The summed E-state index contributed by atoms with van der Waals surface area (Å²) in [6.07, 6.45) is 3.59. The van der Waals surface area contributed by atoms with Gasteiger partial charge in [-0.05, 0) is 52.3 Å². The van der Waals surface area contributed by atoms with Gasteiger partial charge in [-0.15, -0.1) is 0 Å². The first-order chi connectivity index (χ1) is 14.6. The lowest BCUT2D eigenvalue weighted by Gasteiger charge is -2.28. The van der Waals surface area contributed by atoms with Crippen molar-refractivity contribution in [2.24, 2.45) is 0 Å². The Hall–Kier alpha value is -3.43. The quantitative estimate of drug-likeness (QED) is 0.575. The molecule has 0 bridgehead atoms. The van der Waals surface area contributed by atoms with E-state index in [0.29, 0.717) is 31.1 Å². The van der Waals surface area contributed by atoms with Crippen LogP contribution >= 0.6 is 0 Å². The van der Waals surface area contributed by atoms with Crippen molar-refractivity contribution in [3.05, 3.63) is 46.8 Å². The highest BCUT2D eigenvalue weighted by molar-refractivity contribution is 5.69. The number of hydrogen-bond donors (Lipinski definition) is 1. The van der Waals surface area contributed by atoms with Crippen molar-refractivity contribution in [1.82, 2.24) is 14.9 Å². The van der Waals surface area contributed by atoms with Crippen molar-refractivity contribution in [2.45, 2.75) is 45.8 Å². The van der Waals surface area contributed by atoms with Crippen LogP contribution in [0.25, 0.3) is 0 Å². The molecule has 2 aromatic heterocycles. The molecule has 3 heterocycles. The Kier molecular flexibility index (Phi) is 6.57. The van der Waals surface area contributed by atoms with E-state index in [1.54, 1.807) is 35.5 Å². The fraction of sp³-hybridized carbons (Fsp3) is 0.476. The van der Waals surface area contributed by atoms with Crippen LogP contribution in [-0.2, 0) is 4.74 Å². The average molecular weight is 428 g/mol. The lowest BCUT2D eigenvalue weighted by Crippen LogP contribution is -2.39. The van der Waals surface area contributed by atoms with E-state index in [2.05, 4.69) is 27.1 Å². The van der Waals surface area contributed by atoms with Crippen LogP contribution in [0.3, 0.4) is 0 Å². The summed E-state index contributed by atoms with van der Waals surface area (Å²) in [5.74, 6) is 0.773. The van der Waals surface area contributed by atoms with Gasteiger partial charge in [0.1, 0.15) is 11.4 Å². The summed E-state index contributed by atoms with van der Waals surface area (Å²) >= 11 is 0. The van der Waals surface area contributed by atoms with Crippen molar-refractivity contribution >= 4 is 29.1 Å². The molecule has 0 spiro atoms. The average Bonchev–Trinajstić information content (AvgIpc) is 2.89. The molecule has 1 amide bonds. The molecule has 1 aliphatic heterocycles. The minimum absolute atomic E-state index is 0.0927. The summed E-state index contributed by atoms with van der Waals surface area (Å²) in [5.41, 5.74) is -0.0107. The normalized spacial score (nSPS) is 17.1. The van der Waals surface area contributed by atoms with Crippen LogP contribution < -0.4 is 10.2 Å². The van der Waals surface area contributed by atoms with Crippen molar-refractivity contribution in [1.29, 1.82) is 0 Å². The lowest BCUT2D eigenvalue weighted by molar-refractivity contribution is -0.384. The second-order valence-corrected chi connectivity index (χ2v) is 8.45. The number of carbonyl (C=O) groups excluding carboxylic acids is 1. The van der Waals surface area contributed by atoms with Crippen LogP contribution in [0.5, 0.6) is 0 Å². The molecule has 1 unspecified atom stereocenters. The van der Waals surface area contributed by atoms with Gasteiger partial charge in [-0.3, -0.25) is 15.1 Å². The predicted molar refractivity (Wildman–Crippen MR) is 118 cm³/mol. The Morgan fingerprint density at radius 3 is 2.55 bits per heavy atom. The Bertz CT molecular complexity index is 931. The number of nitrogens with one attached hydrogen (secondary N) is 1. The van der Waals surface area contributed by atoms with Crippen molar-refractivity contribution in [2.75, 3.05) is 29.9 Å². The third kappa shape index (κ3) is 5.80. The van der Waals surface area contributed by atoms with E-state index in [9.17, 15) is 14.9 Å². The predicted octanol–water partition coefficient (Wildman–Crippen LogP) is 3.96. The van der Waals surface area contributed by atoms with Crippen LogP contribution in [-0.4, -0.2) is 57.2 Å². The Balaban J connectivity index is 1.82. The number of amides is 1. The molecule has 31 heavy (non-hydrogen) atoms. The highest BCUT2D eigenvalue weighted by atomic mass is 16.6. The zero-order valence-corrected chi connectivity index (χ0v) is 18.2. The largest absolute Gasteiger partial charge is 0.444 e. The second kappa shape index (κ2) is 9.15. The van der Waals surface area contributed by atoms with Crippen molar-refractivity contribution in [3.63, 3.8) is 0 Å². The highest BCUT2D eigenvalue weighted by Gasteiger charge is 2.28. The summed E-state index contributed by atoms with van der Waals surface area (Å²) in [4.78, 5) is 35.8. The van der Waals surface area contributed by atoms with Gasteiger partial charge in [0.15, 0.2) is 0 Å². The lowest BCUT2D eigenvalue weighted by atomic mass is 10.2. The minimum atomic E-state index is -0.553. The number of hydrogen-bond acceptors (Lipinski definition) is 8. The molecule has 10 heteroatoms. The van der Waals surface area contributed by atoms with E-state index in [1.807, 2.05) is 20.8 Å². The molecular weight excluding hydrogens is 400 g/mol. The van der Waals surface area contributed by atoms with E-state index in [1.165, 1.54) is 6.07 Å². The zero-order chi connectivity index (χ0) is 22.6. The van der Waals surface area contributed by atoms with Gasteiger partial charge < -0.3 is 19.9 Å². The maximum atomic E-state index is 12.5. The maximum absolute atomic E-state index is 12.5. The van der Waals surface area contributed by atoms with E-state index < -0.39 is 10.5 Å². The molecule has 1 saturated heterocycles. The standard InChI is InChI=1S/C21H28N6O4/c1-15-9-12-25(20(28)31-21(2,3)4)13-14-26(15)18-6-5-17(27(29)30)19(24-18)23-16-7-10-22-11-8-16/h5-8,10-11,15H,9,12-14H2,1-4H3,(H,22,23,24). The number of nitro groups is 1. The van der Waals surface area contributed by atoms with Gasteiger partial charge in [-0.25, -0.2) is 9.78 Å². The maximum Gasteiger partial charge on any atom is 0.410 e. The van der Waals surface area contributed by atoms with Crippen molar-refractivity contribution in [3.8, 4) is 0 Å². The molecule has 0 aliphatic carbocycles. The first kappa shape index (κ1) is 22.3. The number of rotatable bonds is 4. The molecule has 0 saturated carbocycles. The fourth-order valence-electron chi connectivity index (χ4n) is 3.32. The third-order valence-electron chi connectivity index (χ3n) is 4.90. The number of aromatic nitrogens is 2. The van der Waals surface area contributed by atoms with Crippen LogP contribution in [0.15, 0.2) is 36.7 Å². The highest BCUT2D eigenvalue weighted by Crippen LogP contribution is 2.30. The van der Waals surface area contributed by atoms with Gasteiger partial charge in [0, 0.05) is 49.8 Å². The molecule has 166 valence electrons. The first-order valence-corrected chi connectivity index (χ1v) is 10.2. The molecule has 1 N–H and O–H groups in total. The second-order valence-electron chi connectivity index (χ2n) is 8.45. The molecular formula is C21H28N6O4. The molecule has 1 aliphatic rings. The Labute approximate surface area is 181 Å². The number of anilines is 3. The van der Waals surface area contributed by atoms with Gasteiger partial charge in [-0.1, -0.05) is 0 Å². The van der Waals surface area contributed by atoms with E-state index >= 15 is 0 Å². The minimum Gasteiger partial charge on any atom is -0.444 e. The molecule has 0 radical (unpaired) electrons. The topological polar surface area (TPSA) is 114 Å². The molecule has 10 nitrogen and oxygen atoms in total. The fourth-order valence-corrected chi connectivity index (χ4v) is 3.32. The first-order valence-electron chi connectivity index (χ1n) is 10.2. The van der Waals surface area contributed by atoms with Crippen LogP contribution in [0.4, 0.5) is 27.8 Å². The summed E-state index contributed by atoms with van der Waals surface area (Å²) in [5, 5.41) is 14.5. The summed E-state index contributed by atoms with van der Waals surface area (Å²) in [6, 6.07) is 6.62. The summed E-state index contributed by atoms with van der Waals surface area (Å²) < 4.78 is 5.50. The van der Waals surface area contributed by atoms with Gasteiger partial charge in [0.05, 0.1) is 4.92 Å². The monoisotopic (exact) mass is 428 g/mol. The van der Waals surface area contributed by atoms with Crippen molar-refractivity contribution < 1.29 is 14.5 Å². The molecule has 3 rings (SSSR count). The van der Waals surface area contributed by atoms with E-state index in [4.69, 9.17) is 4.74 Å². The van der Waals surface area contributed by atoms with Crippen LogP contribution in [0, 0.1) is 10.1 Å². The zero-order valence-electron chi connectivity index (χ0n) is 18.2. The van der Waals surface area contributed by atoms with Crippen LogP contribution in [0.1, 0.15) is 34.1 Å². The van der Waals surface area contributed by atoms with E-state index in [0.717, 1.165) is 6.42 Å². The molecule has 1 fully saturated rings. The Morgan fingerprint density at radius 1 is 1.19 bits per heavy atom. The summed E-state index contributed by atoms with van der Waals surface area (Å²) in [7, 11) is 0. The van der Waals surface area contributed by atoms with Crippen LogP contribution in [0.2, 0.25) is 0 Å². The number of pyridine rings is 2. The number of carbonyl (C=O) groups is 1. The number of ether oxygens (including phenoxy) is 1. The third-order valence-corrected chi connectivity index (χ3v) is 4.90.